The zero-order valence-electron chi connectivity index (χ0n) is 16.9. The first-order valence-corrected chi connectivity index (χ1v) is 9.86. The normalized spacial score (nSPS) is 18.3. The number of nitrogens with one attached hydrogen (secondary N) is 2. The fourth-order valence-corrected chi connectivity index (χ4v) is 3.95. The van der Waals surface area contributed by atoms with E-state index in [2.05, 4.69) is 10.6 Å². The lowest BCUT2D eigenvalue weighted by Gasteiger charge is -2.29. The minimum Gasteiger partial charge on any atom is -0.307 e. The summed E-state index contributed by atoms with van der Waals surface area (Å²) in [5, 5.41) is 4.86. The average molecular weight is 424 g/mol. The fourth-order valence-electron chi connectivity index (χ4n) is 3.95. The van der Waals surface area contributed by atoms with E-state index in [1.165, 1.54) is 25.2 Å². The molecule has 1 saturated heterocycles. The van der Waals surface area contributed by atoms with Crippen LogP contribution in [-0.2, 0) is 22.7 Å². The Hall–Kier alpha value is -3.59. The molecule has 1 atom stereocenters. The lowest BCUT2D eigenvalue weighted by Crippen LogP contribution is -2.50. The number of hydrogen-bond donors (Lipinski definition) is 2. The highest BCUT2D eigenvalue weighted by Crippen LogP contribution is 2.30. The number of amides is 5. The third-order valence-corrected chi connectivity index (χ3v) is 5.57. The van der Waals surface area contributed by atoms with Gasteiger partial charge in [-0.1, -0.05) is 18.2 Å². The summed E-state index contributed by atoms with van der Waals surface area (Å²) < 4.78 is 13.3. The van der Waals surface area contributed by atoms with Crippen LogP contribution in [0.25, 0.3) is 0 Å². The van der Waals surface area contributed by atoms with Gasteiger partial charge in [-0.2, -0.15) is 0 Å². The SMILES string of the molecule is CN(C(=O)Nc1cccc(F)c1)C(=O)c1cccc2c1CN(C1CCC(=O)NC1=O)C2. The van der Waals surface area contributed by atoms with Crippen molar-refractivity contribution in [2.24, 2.45) is 0 Å². The smallest absolute Gasteiger partial charge is 0.307 e. The molecular weight excluding hydrogens is 403 g/mol. The number of anilines is 1. The molecule has 0 aliphatic carbocycles. The van der Waals surface area contributed by atoms with E-state index in [9.17, 15) is 23.6 Å². The highest BCUT2D eigenvalue weighted by molar-refractivity contribution is 6.08. The molecule has 8 nitrogen and oxygen atoms in total. The summed E-state index contributed by atoms with van der Waals surface area (Å²) in [5.74, 6) is -1.61. The number of imide groups is 2. The number of nitrogens with zero attached hydrogens (tertiary/aromatic N) is 2. The lowest BCUT2D eigenvalue weighted by molar-refractivity contribution is -0.137. The molecule has 2 N–H and O–H groups in total. The first-order chi connectivity index (χ1) is 14.8. The Morgan fingerprint density at radius 3 is 2.68 bits per heavy atom. The molecule has 31 heavy (non-hydrogen) atoms. The van der Waals surface area contributed by atoms with Gasteiger partial charge in [0.15, 0.2) is 0 Å². The molecule has 0 spiro atoms. The molecule has 2 aliphatic rings. The summed E-state index contributed by atoms with van der Waals surface area (Å²) in [5.41, 5.74) is 2.26. The standard InChI is InChI=1S/C22H21FN4O4/c1-26(22(31)24-15-6-3-5-14(23)10-15)21(30)16-7-2-4-13-11-27(12-17(13)16)18-8-9-19(28)25-20(18)29/h2-7,10,18H,8-9,11-12H2,1H3,(H,24,31)(H,25,28,29). The van der Waals surface area contributed by atoms with Crippen LogP contribution >= 0.6 is 0 Å². The zero-order chi connectivity index (χ0) is 22.1. The Balaban J connectivity index is 1.50. The van der Waals surface area contributed by atoms with E-state index in [-0.39, 0.29) is 23.9 Å². The molecule has 0 radical (unpaired) electrons. The van der Waals surface area contributed by atoms with Gasteiger partial charge in [0.2, 0.25) is 11.8 Å². The second kappa shape index (κ2) is 8.27. The van der Waals surface area contributed by atoms with E-state index in [0.29, 0.717) is 25.1 Å². The molecule has 0 bridgehead atoms. The van der Waals surface area contributed by atoms with Crippen LogP contribution in [0, 0.1) is 5.82 Å². The van der Waals surface area contributed by atoms with Crippen LogP contribution in [-0.4, -0.2) is 46.6 Å². The van der Waals surface area contributed by atoms with Gasteiger partial charge in [0.25, 0.3) is 5.91 Å². The predicted octanol–water partition coefficient (Wildman–Crippen LogP) is 2.25. The van der Waals surface area contributed by atoms with Gasteiger partial charge in [-0.15, -0.1) is 0 Å². The van der Waals surface area contributed by atoms with Crippen molar-refractivity contribution >= 4 is 29.4 Å². The van der Waals surface area contributed by atoms with Crippen LogP contribution in [0.5, 0.6) is 0 Å². The van der Waals surface area contributed by atoms with Crippen molar-refractivity contribution in [3.8, 4) is 0 Å². The number of rotatable bonds is 3. The monoisotopic (exact) mass is 424 g/mol. The summed E-state index contributed by atoms with van der Waals surface area (Å²) in [6.07, 6.45) is 0.704. The zero-order valence-corrected chi connectivity index (χ0v) is 16.9. The van der Waals surface area contributed by atoms with Crippen molar-refractivity contribution in [1.29, 1.82) is 0 Å². The molecular formula is C22H21FN4O4. The Morgan fingerprint density at radius 2 is 1.94 bits per heavy atom. The quantitative estimate of drug-likeness (QED) is 0.737. The Morgan fingerprint density at radius 1 is 1.16 bits per heavy atom. The van der Waals surface area contributed by atoms with Crippen molar-refractivity contribution < 1.29 is 23.6 Å². The number of halogens is 1. The number of urea groups is 1. The Bertz CT molecular complexity index is 1090. The number of piperidine rings is 1. The van der Waals surface area contributed by atoms with Gasteiger partial charge < -0.3 is 5.32 Å². The number of fused-ring (bicyclic) bond motifs is 1. The average Bonchev–Trinajstić information content (AvgIpc) is 3.16. The van der Waals surface area contributed by atoms with Gasteiger partial charge >= 0.3 is 6.03 Å². The lowest BCUT2D eigenvalue weighted by atomic mass is 10.0. The molecule has 2 aromatic carbocycles. The fraction of sp³-hybridized carbons (Fsp3) is 0.273. The van der Waals surface area contributed by atoms with Crippen molar-refractivity contribution in [3.63, 3.8) is 0 Å². The van der Waals surface area contributed by atoms with Crippen LogP contribution in [0.15, 0.2) is 42.5 Å². The van der Waals surface area contributed by atoms with Gasteiger partial charge in [-0.25, -0.2) is 9.18 Å². The molecule has 4 rings (SSSR count). The van der Waals surface area contributed by atoms with Crippen LogP contribution in [0.1, 0.15) is 34.3 Å². The highest BCUT2D eigenvalue weighted by Gasteiger charge is 2.36. The van der Waals surface area contributed by atoms with E-state index in [1.54, 1.807) is 12.1 Å². The maximum Gasteiger partial charge on any atom is 0.328 e. The third-order valence-electron chi connectivity index (χ3n) is 5.57. The van der Waals surface area contributed by atoms with E-state index < -0.39 is 23.8 Å². The number of carbonyl (C=O) groups excluding carboxylic acids is 4. The molecule has 1 fully saturated rings. The van der Waals surface area contributed by atoms with E-state index >= 15 is 0 Å². The summed E-state index contributed by atoms with van der Waals surface area (Å²) in [6.45, 7) is 0.838. The van der Waals surface area contributed by atoms with Crippen LogP contribution < -0.4 is 10.6 Å². The molecule has 2 heterocycles. The summed E-state index contributed by atoms with van der Waals surface area (Å²) in [4.78, 5) is 52.1. The third kappa shape index (κ3) is 4.17. The van der Waals surface area contributed by atoms with Gasteiger partial charge in [-0.05, 0) is 41.8 Å². The number of carbonyl (C=O) groups is 4. The van der Waals surface area contributed by atoms with Crippen molar-refractivity contribution in [2.45, 2.75) is 32.0 Å². The van der Waals surface area contributed by atoms with Crippen LogP contribution in [0.3, 0.4) is 0 Å². The minimum atomic E-state index is -0.687. The van der Waals surface area contributed by atoms with Crippen molar-refractivity contribution in [3.05, 3.63) is 65.0 Å². The molecule has 2 aromatic rings. The highest BCUT2D eigenvalue weighted by atomic mass is 19.1. The molecule has 2 aliphatic heterocycles. The van der Waals surface area contributed by atoms with E-state index in [0.717, 1.165) is 22.1 Å². The first-order valence-electron chi connectivity index (χ1n) is 9.86. The van der Waals surface area contributed by atoms with Gasteiger partial charge in [0.1, 0.15) is 5.82 Å². The molecule has 9 heteroatoms. The van der Waals surface area contributed by atoms with Crippen LogP contribution in [0.2, 0.25) is 0 Å². The topological polar surface area (TPSA) is 98.8 Å². The molecule has 1 unspecified atom stereocenters. The first kappa shape index (κ1) is 20.7. The summed E-state index contributed by atoms with van der Waals surface area (Å²) >= 11 is 0. The molecule has 0 aromatic heterocycles. The molecule has 0 saturated carbocycles. The van der Waals surface area contributed by atoms with Gasteiger partial charge in [0, 0.05) is 37.8 Å². The predicted molar refractivity (Wildman–Crippen MR) is 109 cm³/mol. The van der Waals surface area contributed by atoms with Gasteiger partial charge in [-0.3, -0.25) is 29.5 Å². The molecule has 160 valence electrons. The minimum absolute atomic E-state index is 0.243. The second-order valence-electron chi connectivity index (χ2n) is 7.62. The largest absolute Gasteiger partial charge is 0.328 e. The number of hydrogen-bond acceptors (Lipinski definition) is 5. The molecule has 5 amide bonds. The summed E-state index contributed by atoms with van der Waals surface area (Å²) in [7, 11) is 1.35. The Kier molecular flexibility index (Phi) is 5.51. The maximum absolute atomic E-state index is 13.3. The van der Waals surface area contributed by atoms with Crippen molar-refractivity contribution in [1.82, 2.24) is 15.1 Å². The van der Waals surface area contributed by atoms with Crippen molar-refractivity contribution in [2.75, 3.05) is 12.4 Å². The maximum atomic E-state index is 13.3. The summed E-state index contributed by atoms with van der Waals surface area (Å²) in [6, 6.07) is 9.53. The van der Waals surface area contributed by atoms with E-state index in [1.807, 2.05) is 11.0 Å². The second-order valence-corrected chi connectivity index (χ2v) is 7.62. The van der Waals surface area contributed by atoms with Crippen LogP contribution in [0.4, 0.5) is 14.9 Å². The van der Waals surface area contributed by atoms with E-state index in [4.69, 9.17) is 0 Å². The Labute approximate surface area is 178 Å². The van der Waals surface area contributed by atoms with Gasteiger partial charge in [0.05, 0.1) is 6.04 Å². The number of benzene rings is 2.